The number of carbonyl (C=O) groups excluding carboxylic acids is 2. The number of hydrogen-bond acceptors (Lipinski definition) is 9. The van der Waals surface area contributed by atoms with Crippen molar-refractivity contribution in [2.24, 2.45) is 5.10 Å². The lowest BCUT2D eigenvalue weighted by Crippen LogP contribution is -2.18. The molecule has 49 heavy (non-hydrogen) atoms. The molecule has 0 aliphatic heterocycles. The van der Waals surface area contributed by atoms with Gasteiger partial charge in [0.1, 0.15) is 24.5 Å². The Labute approximate surface area is 283 Å². The molecule has 0 spiro atoms. The zero-order valence-corrected chi connectivity index (χ0v) is 27.5. The molecule has 0 saturated carbocycles. The van der Waals surface area contributed by atoms with Gasteiger partial charge in [0.15, 0.2) is 23.1 Å². The molecule has 0 aliphatic rings. The van der Waals surface area contributed by atoms with Crippen LogP contribution in [0, 0.1) is 30.2 Å². The van der Waals surface area contributed by atoms with E-state index in [4.69, 9.17) is 31.7 Å². The second-order valence-electron chi connectivity index (χ2n) is 8.78. The van der Waals surface area contributed by atoms with Gasteiger partial charge in [-0.25, -0.2) is 22.4 Å². The summed E-state index contributed by atoms with van der Waals surface area (Å²) in [6.07, 6.45) is 6.34. The highest BCUT2D eigenvalue weighted by Crippen LogP contribution is 2.27. The Morgan fingerprint density at radius 2 is 1.39 bits per heavy atom. The molecule has 3 aromatic rings. The van der Waals surface area contributed by atoms with Crippen LogP contribution in [0.25, 0.3) is 17.7 Å². The van der Waals surface area contributed by atoms with E-state index >= 15 is 0 Å². The fourth-order valence-corrected chi connectivity index (χ4v) is 4.13. The standard InChI is InChI=1S/C12H10F2N2O3.C10H10F2O2.C9H9ClN2O3S/c1-18-12-8(9(13)4-5-10(12)14)3-2-6-19-11(17)7-16-15;1-14-10-7(3-2-6-13)8(11)4-5-9(10)12;1-7-2-4-8(5-3-7)16(14,15)12-11-6-9(10)13/h2-5,7H,6H2,1H3;2-5,13H,6H2,1H3;2-6,12H,1H3/b2*3-2-;11-6+. The van der Waals surface area contributed by atoms with Crippen molar-refractivity contribution < 1.29 is 59.7 Å². The molecule has 0 aliphatic carbocycles. The first kappa shape index (κ1) is 41.7. The number of rotatable bonds is 12. The molecule has 0 unspecified atom stereocenters. The van der Waals surface area contributed by atoms with Gasteiger partial charge in [0.25, 0.3) is 15.3 Å². The summed E-state index contributed by atoms with van der Waals surface area (Å²) in [5, 5.41) is 10.8. The molecule has 0 heterocycles. The van der Waals surface area contributed by atoms with Crippen LogP contribution in [0.3, 0.4) is 0 Å². The monoisotopic (exact) mass is 728 g/mol. The van der Waals surface area contributed by atoms with Crippen molar-refractivity contribution in [1.82, 2.24) is 4.83 Å². The fraction of sp³-hybridized carbons (Fsp3) is 0.161. The summed E-state index contributed by atoms with van der Waals surface area (Å²) in [6.45, 7) is 1.41. The minimum absolute atomic E-state index is 0.00144. The number of ether oxygens (including phenoxy) is 3. The highest BCUT2D eigenvalue weighted by molar-refractivity contribution is 7.89. The van der Waals surface area contributed by atoms with E-state index in [1.807, 2.05) is 11.8 Å². The summed E-state index contributed by atoms with van der Waals surface area (Å²) in [7, 11) is -1.26. The molecule has 0 atom stereocenters. The molecule has 0 aromatic heterocycles. The molecule has 12 nitrogen and oxygen atoms in total. The van der Waals surface area contributed by atoms with Gasteiger partial charge in [0, 0.05) is 0 Å². The number of sulfonamides is 1. The molecular weight excluding hydrogens is 700 g/mol. The Balaban J connectivity index is 0.000000372. The molecule has 0 fully saturated rings. The van der Waals surface area contributed by atoms with Gasteiger partial charge in [-0.1, -0.05) is 23.8 Å². The summed E-state index contributed by atoms with van der Waals surface area (Å²) in [5.41, 5.74) is 8.91. The second kappa shape index (κ2) is 21.5. The van der Waals surface area contributed by atoms with E-state index in [1.165, 1.54) is 50.7 Å². The van der Waals surface area contributed by atoms with Crippen LogP contribution in [0.4, 0.5) is 17.6 Å². The number of halogens is 5. The lowest BCUT2D eigenvalue weighted by Gasteiger charge is -2.06. The van der Waals surface area contributed by atoms with Crippen LogP contribution in [0.15, 0.2) is 70.7 Å². The maximum absolute atomic E-state index is 13.5. The number of aliphatic hydroxyl groups is 1. The molecule has 0 amide bonds. The van der Waals surface area contributed by atoms with Crippen molar-refractivity contribution in [3.63, 3.8) is 0 Å². The summed E-state index contributed by atoms with van der Waals surface area (Å²) in [6, 6.07) is 10.1. The van der Waals surface area contributed by atoms with Gasteiger partial charge < -0.3 is 24.8 Å². The SMILES string of the molecule is COc1c(F)ccc(F)c1/C=C\CO.COc1c(F)ccc(F)c1/C=C\COC(=O)C=[N+]=[N-].Cc1ccc(S(=O)(=O)N/N=C/C(=O)Cl)cc1. The summed E-state index contributed by atoms with van der Waals surface area (Å²) < 4.78 is 90.1. The van der Waals surface area contributed by atoms with Gasteiger partial charge in [0.05, 0.1) is 36.8 Å². The third kappa shape index (κ3) is 14.5. The number of methoxy groups -OCH3 is 2. The van der Waals surface area contributed by atoms with Crippen LogP contribution in [0.5, 0.6) is 11.5 Å². The Hall–Kier alpha value is -5.35. The zero-order valence-electron chi connectivity index (χ0n) is 25.9. The minimum Gasteiger partial charge on any atom is -0.493 e. The van der Waals surface area contributed by atoms with E-state index in [0.717, 1.165) is 29.8 Å². The molecular formula is C31H29ClF4N4O8S. The van der Waals surface area contributed by atoms with Crippen molar-refractivity contribution in [2.45, 2.75) is 11.8 Å². The summed E-state index contributed by atoms with van der Waals surface area (Å²) >= 11 is 4.95. The molecule has 0 bridgehead atoms. The van der Waals surface area contributed by atoms with Crippen molar-refractivity contribution in [3.8, 4) is 11.5 Å². The van der Waals surface area contributed by atoms with Crippen LogP contribution in [0.2, 0.25) is 0 Å². The molecule has 0 saturated heterocycles. The first-order valence-electron chi connectivity index (χ1n) is 13.3. The van der Waals surface area contributed by atoms with Gasteiger partial charge in [-0.15, -0.1) is 0 Å². The summed E-state index contributed by atoms with van der Waals surface area (Å²) in [4.78, 5) is 25.5. The first-order valence-corrected chi connectivity index (χ1v) is 15.2. The molecule has 3 aromatic carbocycles. The van der Waals surface area contributed by atoms with Gasteiger partial charge in [-0.3, -0.25) is 4.79 Å². The predicted octanol–water partition coefficient (Wildman–Crippen LogP) is 4.83. The van der Waals surface area contributed by atoms with E-state index in [9.17, 15) is 35.6 Å². The van der Waals surface area contributed by atoms with E-state index in [1.54, 1.807) is 12.1 Å². The maximum Gasteiger partial charge on any atom is 0.413 e. The van der Waals surface area contributed by atoms with Crippen molar-refractivity contribution in [3.05, 3.63) is 106 Å². The number of hydrazone groups is 1. The largest absolute Gasteiger partial charge is 0.493 e. The van der Waals surface area contributed by atoms with Crippen LogP contribution in [-0.2, 0) is 24.3 Å². The molecule has 0 radical (unpaired) electrons. The normalized spacial score (nSPS) is 10.8. The lowest BCUT2D eigenvalue weighted by atomic mass is 10.1. The number of nitrogens with one attached hydrogen (secondary N) is 1. The lowest BCUT2D eigenvalue weighted by molar-refractivity contribution is -0.137. The van der Waals surface area contributed by atoms with Gasteiger partial charge in [-0.05, 0) is 73.2 Å². The van der Waals surface area contributed by atoms with Gasteiger partial charge in [0.2, 0.25) is 0 Å². The fourth-order valence-electron chi connectivity index (χ4n) is 3.29. The number of nitrogens with zero attached hydrogens (tertiary/aromatic N) is 3. The quantitative estimate of drug-likeness (QED) is 0.0507. The molecule has 18 heteroatoms. The number of carbonyl (C=O) groups is 2. The molecule has 3 rings (SSSR count). The third-order valence-corrected chi connectivity index (χ3v) is 6.76. The Bertz CT molecular complexity index is 1830. The number of aliphatic hydroxyl groups excluding tert-OH is 1. The van der Waals surface area contributed by atoms with Crippen LogP contribution >= 0.6 is 11.6 Å². The average molecular weight is 729 g/mol. The van der Waals surface area contributed by atoms with Crippen LogP contribution in [-0.4, -0.2) is 69.4 Å². The van der Waals surface area contributed by atoms with E-state index in [-0.39, 0.29) is 40.7 Å². The third-order valence-electron chi connectivity index (χ3n) is 5.43. The van der Waals surface area contributed by atoms with Crippen molar-refractivity contribution in [2.75, 3.05) is 27.4 Å². The van der Waals surface area contributed by atoms with Crippen molar-refractivity contribution in [1.29, 1.82) is 0 Å². The number of hydrogen-bond donors (Lipinski definition) is 2. The number of aryl methyl sites for hydroxylation is 1. The second-order valence-corrected chi connectivity index (χ2v) is 10.8. The van der Waals surface area contributed by atoms with Crippen LogP contribution in [0.1, 0.15) is 16.7 Å². The van der Waals surface area contributed by atoms with Gasteiger partial charge >= 0.3 is 12.2 Å². The smallest absolute Gasteiger partial charge is 0.413 e. The Morgan fingerprint density at radius 3 is 1.84 bits per heavy atom. The topological polar surface area (TPSA) is 177 Å². The minimum atomic E-state index is -3.73. The highest BCUT2D eigenvalue weighted by atomic mass is 35.5. The predicted molar refractivity (Wildman–Crippen MR) is 172 cm³/mol. The average Bonchev–Trinajstić information content (AvgIpc) is 3.05. The number of esters is 1. The Kier molecular flexibility index (Phi) is 18.3. The van der Waals surface area contributed by atoms with Crippen LogP contribution < -0.4 is 14.3 Å². The van der Waals surface area contributed by atoms with E-state index < -0.39 is 44.5 Å². The van der Waals surface area contributed by atoms with E-state index in [2.05, 4.69) is 14.6 Å². The number of benzene rings is 3. The highest BCUT2D eigenvalue weighted by Gasteiger charge is 2.13. The van der Waals surface area contributed by atoms with Crippen molar-refractivity contribution >= 4 is 57.4 Å². The zero-order chi connectivity index (χ0) is 37.0. The maximum atomic E-state index is 13.5. The van der Waals surface area contributed by atoms with Gasteiger partial charge in [-0.2, -0.15) is 23.1 Å². The first-order chi connectivity index (χ1) is 23.2. The summed E-state index contributed by atoms with van der Waals surface area (Å²) in [5.74, 6) is -3.85. The Morgan fingerprint density at radius 1 is 0.898 bits per heavy atom. The molecule has 262 valence electrons. The molecule has 2 N–H and O–H groups in total. The van der Waals surface area contributed by atoms with E-state index in [0.29, 0.717) is 12.4 Å².